The van der Waals surface area contributed by atoms with E-state index in [-0.39, 0.29) is 0 Å². The van der Waals surface area contributed by atoms with Crippen molar-refractivity contribution in [3.05, 3.63) is 24.0 Å². The molecule has 2 aliphatic rings. The number of hydrogen-bond acceptors (Lipinski definition) is 3. The molecule has 0 amide bonds. The van der Waals surface area contributed by atoms with Crippen molar-refractivity contribution in [2.24, 2.45) is 11.8 Å². The SMILES string of the molecule is CC1C=C(OCCN2CCNCC2)C=C[C@@H]1C. The van der Waals surface area contributed by atoms with Crippen LogP contribution in [0.3, 0.4) is 0 Å². The van der Waals surface area contributed by atoms with Crippen LogP contribution in [0.25, 0.3) is 0 Å². The normalized spacial score (nSPS) is 30.1. The molecule has 2 atom stereocenters. The van der Waals surface area contributed by atoms with Gasteiger partial charge in [-0.2, -0.15) is 0 Å². The maximum absolute atomic E-state index is 5.82. The van der Waals surface area contributed by atoms with Crippen LogP contribution in [-0.4, -0.2) is 44.2 Å². The Hall–Kier alpha value is -0.800. The largest absolute Gasteiger partial charge is 0.493 e. The third-order valence-electron chi connectivity index (χ3n) is 3.71. The van der Waals surface area contributed by atoms with Crippen molar-refractivity contribution >= 4 is 0 Å². The Morgan fingerprint density at radius 2 is 2.06 bits per heavy atom. The molecule has 1 aliphatic heterocycles. The number of nitrogens with one attached hydrogen (secondary N) is 1. The Bertz CT molecular complexity index is 293. The second kappa shape index (κ2) is 6.22. The van der Waals surface area contributed by atoms with Gasteiger partial charge in [0.05, 0.1) is 0 Å². The number of hydrogen-bond donors (Lipinski definition) is 1. The molecule has 1 fully saturated rings. The van der Waals surface area contributed by atoms with Crippen molar-refractivity contribution in [3.63, 3.8) is 0 Å². The molecule has 0 saturated carbocycles. The summed E-state index contributed by atoms with van der Waals surface area (Å²) in [7, 11) is 0. The highest BCUT2D eigenvalue weighted by Gasteiger charge is 2.13. The van der Waals surface area contributed by atoms with E-state index >= 15 is 0 Å². The number of nitrogens with zero attached hydrogens (tertiary/aromatic N) is 1. The molecule has 1 heterocycles. The van der Waals surface area contributed by atoms with Gasteiger partial charge in [-0.15, -0.1) is 0 Å². The first-order chi connectivity index (χ1) is 8.25. The molecule has 3 heteroatoms. The smallest absolute Gasteiger partial charge is 0.115 e. The quantitative estimate of drug-likeness (QED) is 0.803. The Balaban J connectivity index is 1.68. The van der Waals surface area contributed by atoms with Crippen molar-refractivity contribution in [1.82, 2.24) is 10.2 Å². The average Bonchev–Trinajstić information content (AvgIpc) is 2.35. The van der Waals surface area contributed by atoms with Gasteiger partial charge in [-0.1, -0.05) is 19.9 Å². The van der Waals surface area contributed by atoms with Gasteiger partial charge < -0.3 is 10.1 Å². The molecule has 0 bridgehead atoms. The summed E-state index contributed by atoms with van der Waals surface area (Å²) in [5.41, 5.74) is 0. The molecule has 1 unspecified atom stereocenters. The highest BCUT2D eigenvalue weighted by atomic mass is 16.5. The Kier molecular flexibility index (Phi) is 4.63. The van der Waals surface area contributed by atoms with E-state index in [2.05, 4.69) is 42.3 Å². The first kappa shape index (κ1) is 12.7. The summed E-state index contributed by atoms with van der Waals surface area (Å²) < 4.78 is 5.82. The number of rotatable bonds is 4. The topological polar surface area (TPSA) is 24.5 Å². The summed E-state index contributed by atoms with van der Waals surface area (Å²) in [6, 6.07) is 0. The molecule has 17 heavy (non-hydrogen) atoms. The third-order valence-corrected chi connectivity index (χ3v) is 3.71. The van der Waals surface area contributed by atoms with Crippen molar-refractivity contribution in [2.45, 2.75) is 13.8 Å². The maximum Gasteiger partial charge on any atom is 0.115 e. The summed E-state index contributed by atoms with van der Waals surface area (Å²) in [6.45, 7) is 10.8. The first-order valence-electron chi connectivity index (χ1n) is 6.71. The predicted octanol–water partition coefficient (Wildman–Crippen LogP) is 1.63. The van der Waals surface area contributed by atoms with E-state index < -0.39 is 0 Å². The zero-order chi connectivity index (χ0) is 12.1. The molecule has 1 N–H and O–H groups in total. The zero-order valence-electron chi connectivity index (χ0n) is 11.0. The van der Waals surface area contributed by atoms with Crippen LogP contribution in [0.5, 0.6) is 0 Å². The summed E-state index contributed by atoms with van der Waals surface area (Å²) in [5, 5.41) is 3.36. The monoisotopic (exact) mass is 236 g/mol. The van der Waals surface area contributed by atoms with Gasteiger partial charge in [0.1, 0.15) is 12.4 Å². The summed E-state index contributed by atoms with van der Waals surface area (Å²) in [4.78, 5) is 2.45. The van der Waals surface area contributed by atoms with Gasteiger partial charge in [-0.05, 0) is 24.0 Å². The minimum atomic E-state index is 0.592. The van der Waals surface area contributed by atoms with Gasteiger partial charge >= 0.3 is 0 Å². The molecule has 0 radical (unpaired) electrons. The minimum absolute atomic E-state index is 0.592. The van der Waals surface area contributed by atoms with Crippen molar-refractivity contribution in [1.29, 1.82) is 0 Å². The molecule has 0 aromatic heterocycles. The van der Waals surface area contributed by atoms with E-state index in [9.17, 15) is 0 Å². The summed E-state index contributed by atoms with van der Waals surface area (Å²) in [5.74, 6) is 2.27. The molecule has 3 nitrogen and oxygen atoms in total. The van der Waals surface area contributed by atoms with E-state index in [0.29, 0.717) is 11.8 Å². The minimum Gasteiger partial charge on any atom is -0.493 e. The first-order valence-corrected chi connectivity index (χ1v) is 6.71. The molecule has 1 saturated heterocycles. The fraction of sp³-hybridized carbons (Fsp3) is 0.714. The number of ether oxygens (including phenoxy) is 1. The van der Waals surface area contributed by atoms with Gasteiger partial charge in [-0.25, -0.2) is 0 Å². The lowest BCUT2D eigenvalue weighted by Gasteiger charge is -2.27. The van der Waals surface area contributed by atoms with Gasteiger partial charge in [0.2, 0.25) is 0 Å². The number of allylic oxidation sites excluding steroid dienone is 3. The van der Waals surface area contributed by atoms with Crippen molar-refractivity contribution in [3.8, 4) is 0 Å². The van der Waals surface area contributed by atoms with E-state index in [4.69, 9.17) is 4.74 Å². The van der Waals surface area contributed by atoms with Crippen LogP contribution in [0.1, 0.15) is 13.8 Å². The lowest BCUT2D eigenvalue weighted by molar-refractivity contribution is 0.151. The van der Waals surface area contributed by atoms with Crippen LogP contribution in [-0.2, 0) is 4.74 Å². The highest BCUT2D eigenvalue weighted by molar-refractivity contribution is 5.19. The van der Waals surface area contributed by atoms with Crippen LogP contribution in [0.4, 0.5) is 0 Å². The lowest BCUT2D eigenvalue weighted by atomic mass is 9.91. The summed E-state index contributed by atoms with van der Waals surface area (Å²) in [6.07, 6.45) is 6.59. The standard InChI is InChI=1S/C14H24N2O/c1-12-3-4-14(11-13(12)2)17-10-9-16-7-5-15-6-8-16/h3-4,11-13,15H,5-10H2,1-2H3/t12-,13?/m0/s1. The van der Waals surface area contributed by atoms with E-state index in [1.54, 1.807) is 0 Å². The van der Waals surface area contributed by atoms with Crippen molar-refractivity contribution in [2.75, 3.05) is 39.3 Å². The van der Waals surface area contributed by atoms with E-state index in [0.717, 1.165) is 45.1 Å². The Labute approximate surface area is 105 Å². The molecular formula is C14H24N2O. The molecular weight excluding hydrogens is 212 g/mol. The fourth-order valence-corrected chi connectivity index (χ4v) is 2.21. The van der Waals surface area contributed by atoms with Gasteiger partial charge in [0.15, 0.2) is 0 Å². The average molecular weight is 236 g/mol. The van der Waals surface area contributed by atoms with Crippen LogP contribution >= 0.6 is 0 Å². The highest BCUT2D eigenvalue weighted by Crippen LogP contribution is 2.22. The van der Waals surface area contributed by atoms with E-state index in [1.165, 1.54) is 0 Å². The molecule has 2 rings (SSSR count). The van der Waals surface area contributed by atoms with Crippen LogP contribution in [0, 0.1) is 11.8 Å². The van der Waals surface area contributed by atoms with Crippen LogP contribution < -0.4 is 5.32 Å². The van der Waals surface area contributed by atoms with Gasteiger partial charge in [0.25, 0.3) is 0 Å². The van der Waals surface area contributed by atoms with E-state index in [1.807, 2.05) is 0 Å². The van der Waals surface area contributed by atoms with Crippen molar-refractivity contribution < 1.29 is 4.74 Å². The van der Waals surface area contributed by atoms with Gasteiger partial charge in [0, 0.05) is 32.7 Å². The molecule has 0 aromatic carbocycles. The number of piperazine rings is 1. The third kappa shape index (κ3) is 3.86. The Morgan fingerprint density at radius 3 is 2.76 bits per heavy atom. The molecule has 0 aromatic rings. The maximum atomic E-state index is 5.82. The predicted molar refractivity (Wildman–Crippen MR) is 70.8 cm³/mol. The summed E-state index contributed by atoms with van der Waals surface area (Å²) >= 11 is 0. The second-order valence-corrected chi connectivity index (χ2v) is 5.09. The zero-order valence-corrected chi connectivity index (χ0v) is 11.0. The molecule has 96 valence electrons. The molecule has 1 aliphatic carbocycles. The Morgan fingerprint density at radius 1 is 1.29 bits per heavy atom. The van der Waals surface area contributed by atoms with Gasteiger partial charge in [-0.3, -0.25) is 4.90 Å². The lowest BCUT2D eigenvalue weighted by Crippen LogP contribution is -2.44. The fourth-order valence-electron chi connectivity index (χ4n) is 2.21. The molecule has 0 spiro atoms. The van der Waals surface area contributed by atoms with Crippen LogP contribution in [0.2, 0.25) is 0 Å². The van der Waals surface area contributed by atoms with Crippen LogP contribution in [0.15, 0.2) is 24.0 Å². The second-order valence-electron chi connectivity index (χ2n) is 5.09.